The molecule has 1 aliphatic heterocycles. The SMILES string of the molecule is CN1CCOC(CNC2CCc3cc(F)ccc32)C1. The zero-order valence-electron chi connectivity index (χ0n) is 11.4. The highest BCUT2D eigenvalue weighted by molar-refractivity contribution is 5.34. The van der Waals surface area contributed by atoms with Crippen molar-refractivity contribution in [2.45, 2.75) is 25.0 Å². The highest BCUT2D eigenvalue weighted by Crippen LogP contribution is 2.31. The molecule has 104 valence electrons. The van der Waals surface area contributed by atoms with Gasteiger partial charge in [-0.05, 0) is 43.1 Å². The molecule has 1 aromatic rings. The molecule has 1 saturated heterocycles. The number of halogens is 1. The second kappa shape index (κ2) is 5.57. The van der Waals surface area contributed by atoms with Crippen LogP contribution in [0.2, 0.25) is 0 Å². The molecule has 1 aromatic carbocycles. The first-order valence-corrected chi connectivity index (χ1v) is 7.04. The van der Waals surface area contributed by atoms with Crippen molar-refractivity contribution in [3.63, 3.8) is 0 Å². The van der Waals surface area contributed by atoms with Gasteiger partial charge >= 0.3 is 0 Å². The Labute approximate surface area is 113 Å². The number of nitrogens with one attached hydrogen (secondary N) is 1. The Balaban J connectivity index is 1.57. The Kier molecular flexibility index (Phi) is 3.82. The average molecular weight is 264 g/mol. The van der Waals surface area contributed by atoms with Crippen LogP contribution in [0.5, 0.6) is 0 Å². The second-order valence-corrected chi connectivity index (χ2v) is 5.60. The second-order valence-electron chi connectivity index (χ2n) is 5.60. The van der Waals surface area contributed by atoms with E-state index in [0.29, 0.717) is 6.04 Å². The van der Waals surface area contributed by atoms with Gasteiger partial charge in [0.05, 0.1) is 12.7 Å². The van der Waals surface area contributed by atoms with Gasteiger partial charge in [0.15, 0.2) is 0 Å². The number of hydrogen-bond donors (Lipinski definition) is 1. The molecule has 1 aliphatic carbocycles. The fraction of sp³-hybridized carbons (Fsp3) is 0.600. The maximum Gasteiger partial charge on any atom is 0.123 e. The molecule has 1 fully saturated rings. The molecule has 0 saturated carbocycles. The quantitative estimate of drug-likeness (QED) is 0.900. The van der Waals surface area contributed by atoms with Crippen LogP contribution in [-0.2, 0) is 11.2 Å². The van der Waals surface area contributed by atoms with Crippen molar-refractivity contribution in [3.05, 3.63) is 35.1 Å². The van der Waals surface area contributed by atoms with Gasteiger partial charge in [0.1, 0.15) is 5.82 Å². The Morgan fingerprint density at radius 3 is 3.21 bits per heavy atom. The first-order valence-electron chi connectivity index (χ1n) is 7.04. The fourth-order valence-corrected chi connectivity index (χ4v) is 3.06. The molecule has 2 atom stereocenters. The molecule has 0 radical (unpaired) electrons. The van der Waals surface area contributed by atoms with Crippen LogP contribution in [0.15, 0.2) is 18.2 Å². The number of likely N-dealkylation sites (N-methyl/N-ethyl adjacent to an activating group) is 1. The van der Waals surface area contributed by atoms with E-state index in [4.69, 9.17) is 4.74 Å². The minimum Gasteiger partial charge on any atom is -0.374 e. The van der Waals surface area contributed by atoms with E-state index < -0.39 is 0 Å². The molecule has 4 heteroatoms. The summed E-state index contributed by atoms with van der Waals surface area (Å²) in [5, 5.41) is 3.57. The number of nitrogens with zero attached hydrogens (tertiary/aromatic N) is 1. The zero-order chi connectivity index (χ0) is 13.2. The molecule has 0 aromatic heterocycles. The van der Waals surface area contributed by atoms with Gasteiger partial charge in [-0.15, -0.1) is 0 Å². The molecule has 2 unspecified atom stereocenters. The lowest BCUT2D eigenvalue weighted by molar-refractivity contribution is -0.0192. The molecule has 2 aliphatic rings. The van der Waals surface area contributed by atoms with E-state index in [1.54, 1.807) is 12.1 Å². The Bertz CT molecular complexity index is 452. The van der Waals surface area contributed by atoms with Crippen molar-refractivity contribution in [1.29, 1.82) is 0 Å². The molecule has 3 rings (SSSR count). The van der Waals surface area contributed by atoms with Crippen molar-refractivity contribution in [3.8, 4) is 0 Å². The molecule has 19 heavy (non-hydrogen) atoms. The van der Waals surface area contributed by atoms with Crippen LogP contribution in [0.1, 0.15) is 23.6 Å². The summed E-state index contributed by atoms with van der Waals surface area (Å²) in [7, 11) is 2.13. The van der Waals surface area contributed by atoms with Crippen molar-refractivity contribution in [2.75, 3.05) is 33.3 Å². The van der Waals surface area contributed by atoms with Crippen molar-refractivity contribution < 1.29 is 9.13 Å². The summed E-state index contributed by atoms with van der Waals surface area (Å²) < 4.78 is 18.9. The first-order chi connectivity index (χ1) is 9.22. The summed E-state index contributed by atoms with van der Waals surface area (Å²) in [4.78, 5) is 2.30. The summed E-state index contributed by atoms with van der Waals surface area (Å²) in [5.74, 6) is -0.128. The lowest BCUT2D eigenvalue weighted by Gasteiger charge is -2.31. The highest BCUT2D eigenvalue weighted by atomic mass is 19.1. The standard InChI is InChI=1S/C15H21FN2O/c1-18-6-7-19-13(10-18)9-17-15-5-2-11-8-12(16)3-4-14(11)15/h3-4,8,13,15,17H,2,5-7,9-10H2,1H3. The number of ether oxygens (including phenoxy) is 1. The molecule has 0 amide bonds. The van der Waals surface area contributed by atoms with Crippen LogP contribution in [0.25, 0.3) is 0 Å². The molecule has 1 heterocycles. The zero-order valence-corrected chi connectivity index (χ0v) is 11.4. The van der Waals surface area contributed by atoms with Crippen LogP contribution in [0, 0.1) is 5.82 Å². The van der Waals surface area contributed by atoms with Crippen molar-refractivity contribution in [1.82, 2.24) is 10.2 Å². The Hall–Kier alpha value is -0.970. The van der Waals surface area contributed by atoms with E-state index in [9.17, 15) is 4.39 Å². The molecule has 1 N–H and O–H groups in total. The van der Waals surface area contributed by atoms with E-state index in [-0.39, 0.29) is 11.9 Å². The van der Waals surface area contributed by atoms with Crippen molar-refractivity contribution in [2.24, 2.45) is 0 Å². The number of benzene rings is 1. The third kappa shape index (κ3) is 2.96. The minimum absolute atomic E-state index is 0.128. The molecule has 0 spiro atoms. The van der Waals surface area contributed by atoms with Gasteiger partial charge in [-0.2, -0.15) is 0 Å². The van der Waals surface area contributed by atoms with Gasteiger partial charge in [0.25, 0.3) is 0 Å². The number of hydrogen-bond acceptors (Lipinski definition) is 3. The van der Waals surface area contributed by atoms with E-state index in [1.165, 1.54) is 5.56 Å². The first kappa shape index (κ1) is 13.0. The monoisotopic (exact) mass is 264 g/mol. The minimum atomic E-state index is -0.128. The van der Waals surface area contributed by atoms with Gasteiger partial charge in [-0.1, -0.05) is 6.07 Å². The van der Waals surface area contributed by atoms with Crippen LogP contribution < -0.4 is 5.32 Å². The predicted octanol–water partition coefficient (Wildman–Crippen LogP) is 1.73. The van der Waals surface area contributed by atoms with Gasteiger partial charge in [-0.3, -0.25) is 0 Å². The van der Waals surface area contributed by atoms with Gasteiger partial charge in [0.2, 0.25) is 0 Å². The molecule has 3 nitrogen and oxygen atoms in total. The lowest BCUT2D eigenvalue weighted by atomic mass is 10.1. The smallest absolute Gasteiger partial charge is 0.123 e. The summed E-state index contributed by atoms with van der Waals surface area (Å²) >= 11 is 0. The van der Waals surface area contributed by atoms with E-state index >= 15 is 0 Å². The van der Waals surface area contributed by atoms with E-state index in [2.05, 4.69) is 17.3 Å². The van der Waals surface area contributed by atoms with E-state index in [0.717, 1.165) is 44.6 Å². The summed E-state index contributed by atoms with van der Waals surface area (Å²) in [6.07, 6.45) is 2.29. The number of rotatable bonds is 3. The maximum atomic E-state index is 13.2. The third-order valence-electron chi connectivity index (χ3n) is 4.12. The number of fused-ring (bicyclic) bond motifs is 1. The maximum absolute atomic E-state index is 13.2. The Morgan fingerprint density at radius 2 is 2.37 bits per heavy atom. The number of morpholine rings is 1. The lowest BCUT2D eigenvalue weighted by Crippen LogP contribution is -2.45. The van der Waals surface area contributed by atoms with Gasteiger partial charge in [0, 0.05) is 25.7 Å². The largest absolute Gasteiger partial charge is 0.374 e. The highest BCUT2D eigenvalue weighted by Gasteiger charge is 2.24. The predicted molar refractivity (Wildman–Crippen MR) is 72.7 cm³/mol. The topological polar surface area (TPSA) is 24.5 Å². The van der Waals surface area contributed by atoms with Gasteiger partial charge in [-0.25, -0.2) is 4.39 Å². The summed E-state index contributed by atoms with van der Waals surface area (Å²) in [6.45, 7) is 3.68. The fourth-order valence-electron chi connectivity index (χ4n) is 3.06. The summed E-state index contributed by atoms with van der Waals surface area (Å²) in [6, 6.07) is 5.50. The van der Waals surface area contributed by atoms with E-state index in [1.807, 2.05) is 6.07 Å². The van der Waals surface area contributed by atoms with Crippen LogP contribution in [0.4, 0.5) is 4.39 Å². The van der Waals surface area contributed by atoms with Crippen LogP contribution in [0.3, 0.4) is 0 Å². The summed E-state index contributed by atoms with van der Waals surface area (Å²) in [5.41, 5.74) is 2.41. The van der Waals surface area contributed by atoms with Crippen LogP contribution >= 0.6 is 0 Å². The normalized spacial score (nSPS) is 27.5. The number of aryl methyl sites for hydroxylation is 1. The van der Waals surface area contributed by atoms with Crippen LogP contribution in [-0.4, -0.2) is 44.3 Å². The molecular weight excluding hydrogens is 243 g/mol. The average Bonchev–Trinajstić information content (AvgIpc) is 2.78. The molecular formula is C15H21FN2O. The third-order valence-corrected chi connectivity index (χ3v) is 4.12. The Morgan fingerprint density at radius 1 is 1.47 bits per heavy atom. The van der Waals surface area contributed by atoms with Crippen molar-refractivity contribution >= 4 is 0 Å². The van der Waals surface area contributed by atoms with Gasteiger partial charge < -0.3 is 15.0 Å². The molecule has 0 bridgehead atoms.